The molecule has 0 spiro atoms. The van der Waals surface area contributed by atoms with Gasteiger partial charge in [-0.2, -0.15) is 5.26 Å². The Kier molecular flexibility index (Phi) is 6.82. The molecule has 2 aromatic carbocycles. The van der Waals surface area contributed by atoms with Gasteiger partial charge in [0.15, 0.2) is 0 Å². The molecule has 0 bridgehead atoms. The lowest BCUT2D eigenvalue weighted by Crippen LogP contribution is -2.17. The second-order valence-corrected chi connectivity index (χ2v) is 7.64. The fourth-order valence-electron chi connectivity index (χ4n) is 2.01. The molecule has 0 heterocycles. The van der Waals surface area contributed by atoms with E-state index >= 15 is 0 Å². The van der Waals surface area contributed by atoms with E-state index in [-0.39, 0.29) is 32.7 Å². The maximum Gasteiger partial charge on any atom is 0.267 e. The summed E-state index contributed by atoms with van der Waals surface area (Å²) in [6.45, 7) is 0.265. The van der Waals surface area contributed by atoms with E-state index < -0.39 is 15.9 Å². The van der Waals surface area contributed by atoms with Crippen molar-refractivity contribution in [3.05, 3.63) is 69.8 Å². The van der Waals surface area contributed by atoms with Crippen LogP contribution < -0.4 is 15.8 Å². The summed E-state index contributed by atoms with van der Waals surface area (Å²) in [6, 6.07) is 12.4. The highest BCUT2D eigenvalue weighted by molar-refractivity contribution is 7.89. The Morgan fingerprint density at radius 3 is 2.44 bits per heavy atom. The lowest BCUT2D eigenvalue weighted by molar-refractivity contribution is -0.112. The molecule has 0 radical (unpaired) electrons. The Balaban J connectivity index is 2.02. The summed E-state index contributed by atoms with van der Waals surface area (Å²) in [5.74, 6) is -0.654. The van der Waals surface area contributed by atoms with Crippen molar-refractivity contribution in [3.8, 4) is 6.07 Å². The van der Waals surface area contributed by atoms with Gasteiger partial charge in [-0.15, -0.1) is 0 Å². The molecule has 0 aliphatic carbocycles. The van der Waals surface area contributed by atoms with Crippen LogP contribution in [0.3, 0.4) is 0 Å². The van der Waals surface area contributed by atoms with Crippen LogP contribution in [0.1, 0.15) is 5.56 Å². The number of benzene rings is 2. The maximum atomic E-state index is 12.2. The number of halogens is 2. The molecule has 0 aliphatic rings. The summed E-state index contributed by atoms with van der Waals surface area (Å²) >= 11 is 11.9. The Bertz CT molecular complexity index is 1030. The van der Waals surface area contributed by atoms with Crippen LogP contribution in [0.4, 0.5) is 5.69 Å². The minimum Gasteiger partial charge on any atom is -0.386 e. The van der Waals surface area contributed by atoms with Crippen LogP contribution >= 0.6 is 23.2 Å². The number of amides is 1. The number of nitriles is 1. The number of hydrogen-bond donors (Lipinski definition) is 3. The monoisotopic (exact) mass is 424 g/mol. The first kappa shape index (κ1) is 20.7. The highest BCUT2D eigenvalue weighted by Gasteiger charge is 2.12. The van der Waals surface area contributed by atoms with Gasteiger partial charge in [0.2, 0.25) is 10.0 Å². The summed E-state index contributed by atoms with van der Waals surface area (Å²) in [7, 11) is -3.75. The first-order chi connectivity index (χ1) is 12.7. The van der Waals surface area contributed by atoms with E-state index in [1.54, 1.807) is 36.4 Å². The Morgan fingerprint density at radius 2 is 1.85 bits per heavy atom. The van der Waals surface area contributed by atoms with Crippen LogP contribution in [0.25, 0.3) is 0 Å². The number of sulfonamides is 1. The van der Waals surface area contributed by atoms with E-state index in [2.05, 4.69) is 10.6 Å². The molecule has 0 unspecified atom stereocenters. The fourth-order valence-corrected chi connectivity index (χ4v) is 2.87. The van der Waals surface area contributed by atoms with Crippen molar-refractivity contribution >= 4 is 44.8 Å². The van der Waals surface area contributed by atoms with Gasteiger partial charge in [0, 0.05) is 12.7 Å². The van der Waals surface area contributed by atoms with Gasteiger partial charge in [-0.05, 0) is 29.8 Å². The van der Waals surface area contributed by atoms with Crippen LogP contribution in [0, 0.1) is 11.3 Å². The standard InChI is InChI=1S/C17H14Cl2N4O3S/c18-14-2-1-3-15(16(14)19)23-17(24)12(8-20)10-22-9-11-4-6-13(7-5-11)27(21,25)26/h1-7,10,22H,9H2,(H,23,24)(H2,21,25,26)/b12-10-. The molecular weight excluding hydrogens is 411 g/mol. The molecule has 0 saturated carbocycles. The van der Waals surface area contributed by atoms with Crippen LogP contribution in [0.5, 0.6) is 0 Å². The van der Waals surface area contributed by atoms with Crippen molar-refractivity contribution in [2.45, 2.75) is 11.4 Å². The highest BCUT2D eigenvalue weighted by Crippen LogP contribution is 2.29. The average molecular weight is 425 g/mol. The predicted octanol–water partition coefficient (Wildman–Crippen LogP) is 2.78. The van der Waals surface area contributed by atoms with Crippen LogP contribution in [-0.4, -0.2) is 14.3 Å². The largest absolute Gasteiger partial charge is 0.386 e. The number of primary sulfonamides is 1. The van der Waals surface area contributed by atoms with Crippen molar-refractivity contribution < 1.29 is 13.2 Å². The molecule has 140 valence electrons. The SMILES string of the molecule is N#C/C(=C/NCc1ccc(S(N)(=O)=O)cc1)C(=O)Nc1cccc(Cl)c1Cl. The van der Waals surface area contributed by atoms with Gasteiger partial charge in [0.05, 0.1) is 20.6 Å². The molecule has 2 aromatic rings. The fraction of sp³-hybridized carbons (Fsp3) is 0.0588. The van der Waals surface area contributed by atoms with Gasteiger partial charge >= 0.3 is 0 Å². The van der Waals surface area contributed by atoms with Crippen molar-refractivity contribution in [1.82, 2.24) is 5.32 Å². The number of rotatable bonds is 6. The summed E-state index contributed by atoms with van der Waals surface area (Å²) in [4.78, 5) is 12.2. The van der Waals surface area contributed by atoms with Gasteiger partial charge in [0.1, 0.15) is 11.6 Å². The summed E-state index contributed by atoms with van der Waals surface area (Å²) in [6.07, 6.45) is 1.25. The van der Waals surface area contributed by atoms with Crippen molar-refractivity contribution in [1.29, 1.82) is 5.26 Å². The molecule has 7 nitrogen and oxygen atoms in total. The van der Waals surface area contributed by atoms with Gasteiger partial charge in [0.25, 0.3) is 5.91 Å². The van der Waals surface area contributed by atoms with Crippen molar-refractivity contribution in [2.24, 2.45) is 5.14 Å². The van der Waals surface area contributed by atoms with Crippen molar-refractivity contribution in [2.75, 3.05) is 5.32 Å². The Labute approximate surface area is 166 Å². The topological polar surface area (TPSA) is 125 Å². The smallest absolute Gasteiger partial charge is 0.267 e. The normalized spacial score (nSPS) is 11.6. The summed E-state index contributed by atoms with van der Waals surface area (Å²) in [5.41, 5.74) is 0.843. The zero-order valence-corrected chi connectivity index (χ0v) is 16.1. The maximum absolute atomic E-state index is 12.2. The predicted molar refractivity (Wildman–Crippen MR) is 103 cm³/mol. The van der Waals surface area contributed by atoms with E-state index in [9.17, 15) is 13.2 Å². The summed E-state index contributed by atoms with van der Waals surface area (Å²) in [5, 5.41) is 20.0. The number of nitrogens with two attached hydrogens (primary N) is 1. The lowest BCUT2D eigenvalue weighted by Gasteiger charge is -2.08. The van der Waals surface area contributed by atoms with Crippen LogP contribution in [0.2, 0.25) is 10.0 Å². The number of nitrogens with zero attached hydrogens (tertiary/aromatic N) is 1. The Hall–Kier alpha value is -2.57. The second-order valence-electron chi connectivity index (χ2n) is 5.30. The van der Waals surface area contributed by atoms with Crippen LogP contribution in [-0.2, 0) is 21.4 Å². The van der Waals surface area contributed by atoms with Gasteiger partial charge in [-0.1, -0.05) is 41.4 Å². The molecule has 0 aromatic heterocycles. The third-order valence-corrected chi connectivity index (χ3v) is 5.12. The van der Waals surface area contributed by atoms with Gasteiger partial charge in [-0.25, -0.2) is 13.6 Å². The van der Waals surface area contributed by atoms with E-state index in [1.165, 1.54) is 18.3 Å². The zero-order valence-electron chi connectivity index (χ0n) is 13.7. The molecule has 4 N–H and O–H groups in total. The number of carbonyl (C=O) groups is 1. The summed E-state index contributed by atoms with van der Waals surface area (Å²) < 4.78 is 22.4. The van der Waals surface area contributed by atoms with E-state index in [0.29, 0.717) is 0 Å². The molecule has 2 rings (SSSR count). The first-order valence-corrected chi connectivity index (χ1v) is 9.73. The lowest BCUT2D eigenvalue weighted by atomic mass is 10.2. The number of anilines is 1. The Morgan fingerprint density at radius 1 is 1.19 bits per heavy atom. The van der Waals surface area contributed by atoms with Gasteiger partial charge in [-0.3, -0.25) is 4.79 Å². The molecule has 27 heavy (non-hydrogen) atoms. The average Bonchev–Trinajstić information content (AvgIpc) is 2.62. The molecule has 0 saturated heterocycles. The molecule has 0 aliphatic heterocycles. The second kappa shape index (κ2) is 8.88. The van der Waals surface area contributed by atoms with Crippen molar-refractivity contribution in [3.63, 3.8) is 0 Å². The minimum atomic E-state index is -3.75. The van der Waals surface area contributed by atoms with Gasteiger partial charge < -0.3 is 10.6 Å². The third-order valence-electron chi connectivity index (χ3n) is 3.37. The molecular formula is C17H14Cl2N4O3S. The number of carbonyl (C=O) groups excluding carboxylic acids is 1. The highest BCUT2D eigenvalue weighted by atomic mass is 35.5. The third kappa shape index (κ3) is 5.70. The molecule has 0 atom stereocenters. The zero-order chi connectivity index (χ0) is 20.0. The quantitative estimate of drug-likeness (QED) is 0.485. The van der Waals surface area contributed by atoms with Crippen LogP contribution in [0.15, 0.2) is 59.1 Å². The first-order valence-electron chi connectivity index (χ1n) is 7.43. The minimum absolute atomic E-state index is 0.00251. The molecule has 1 amide bonds. The molecule has 10 heteroatoms. The molecule has 0 fully saturated rings. The van der Waals surface area contributed by atoms with E-state index in [4.69, 9.17) is 33.6 Å². The van der Waals surface area contributed by atoms with E-state index in [0.717, 1.165) is 5.56 Å². The van der Waals surface area contributed by atoms with E-state index in [1.807, 2.05) is 0 Å². The number of nitrogens with one attached hydrogen (secondary N) is 2. The number of hydrogen-bond acceptors (Lipinski definition) is 5.